The van der Waals surface area contributed by atoms with Crippen molar-refractivity contribution >= 4 is 21.7 Å². The number of morpholine rings is 1. The Hall–Kier alpha value is -0.710. The van der Waals surface area contributed by atoms with E-state index in [1.54, 1.807) is 0 Å². The van der Waals surface area contributed by atoms with E-state index in [9.17, 15) is 4.79 Å². The fourth-order valence-corrected chi connectivity index (χ4v) is 2.86. The van der Waals surface area contributed by atoms with E-state index in [-0.39, 0.29) is 11.9 Å². The van der Waals surface area contributed by atoms with Crippen LogP contribution in [0.3, 0.4) is 0 Å². The van der Waals surface area contributed by atoms with E-state index in [4.69, 9.17) is 4.74 Å². The van der Waals surface area contributed by atoms with E-state index in [1.807, 2.05) is 24.3 Å². The van der Waals surface area contributed by atoms with Gasteiger partial charge in [-0.05, 0) is 19.9 Å². The van der Waals surface area contributed by atoms with Gasteiger partial charge in [-0.1, -0.05) is 34.1 Å². The molecule has 19 heavy (non-hydrogen) atoms. The van der Waals surface area contributed by atoms with Crippen molar-refractivity contribution in [3.05, 3.63) is 34.3 Å². The predicted molar refractivity (Wildman–Crippen MR) is 79.5 cm³/mol. The minimum Gasteiger partial charge on any atom is -0.376 e. The van der Waals surface area contributed by atoms with Crippen molar-refractivity contribution in [2.45, 2.75) is 32.4 Å². The third-order valence-electron chi connectivity index (χ3n) is 3.54. The summed E-state index contributed by atoms with van der Waals surface area (Å²) in [4.78, 5) is 14.5. The Bertz CT molecular complexity index is 450. The maximum Gasteiger partial charge on any atom is 0.165 e. The zero-order valence-electron chi connectivity index (χ0n) is 11.4. The molecule has 2 atom stereocenters. The standard InChI is InChI=1S/C15H20BrNO2/c1-11-10-19-12(2)9-17(11)8-7-15(18)13-5-3-4-6-14(13)16/h3-6,11-12H,7-10H2,1-2H3. The molecule has 1 saturated heterocycles. The van der Waals surface area contributed by atoms with Gasteiger partial charge in [0.25, 0.3) is 0 Å². The number of carbonyl (C=O) groups is 1. The number of nitrogens with zero attached hydrogens (tertiary/aromatic N) is 1. The summed E-state index contributed by atoms with van der Waals surface area (Å²) in [5.74, 6) is 0.193. The van der Waals surface area contributed by atoms with Crippen molar-refractivity contribution in [2.75, 3.05) is 19.7 Å². The number of carbonyl (C=O) groups excluding carboxylic acids is 1. The quantitative estimate of drug-likeness (QED) is 0.796. The normalized spacial score (nSPS) is 24.4. The molecule has 0 saturated carbocycles. The number of Topliss-reactive ketones (excluding diaryl/α,β-unsaturated/α-hetero) is 1. The summed E-state index contributed by atoms with van der Waals surface area (Å²) in [6.07, 6.45) is 0.814. The number of hydrogen-bond acceptors (Lipinski definition) is 3. The van der Waals surface area contributed by atoms with Gasteiger partial charge in [0.05, 0.1) is 12.7 Å². The number of benzene rings is 1. The molecule has 1 aliphatic rings. The van der Waals surface area contributed by atoms with Crippen LogP contribution in [-0.2, 0) is 4.74 Å². The average molecular weight is 326 g/mol. The molecule has 1 aliphatic heterocycles. The van der Waals surface area contributed by atoms with Gasteiger partial charge in [0.2, 0.25) is 0 Å². The molecule has 3 nitrogen and oxygen atoms in total. The highest BCUT2D eigenvalue weighted by Gasteiger charge is 2.23. The number of ether oxygens (including phenoxy) is 1. The molecule has 4 heteroatoms. The minimum absolute atomic E-state index is 0.193. The maximum atomic E-state index is 12.2. The molecule has 0 aromatic heterocycles. The molecule has 1 aromatic carbocycles. The Labute approximate surface area is 123 Å². The SMILES string of the molecule is CC1CN(CCC(=O)c2ccccc2Br)C(C)CO1. The van der Waals surface area contributed by atoms with Crippen LogP contribution in [0.25, 0.3) is 0 Å². The van der Waals surface area contributed by atoms with Crippen LogP contribution in [0.4, 0.5) is 0 Å². The molecule has 0 aliphatic carbocycles. The molecule has 1 heterocycles. The second kappa shape index (κ2) is 6.64. The van der Waals surface area contributed by atoms with Crippen molar-refractivity contribution in [1.82, 2.24) is 4.90 Å². The number of rotatable bonds is 4. The van der Waals surface area contributed by atoms with Gasteiger partial charge >= 0.3 is 0 Å². The number of halogens is 1. The van der Waals surface area contributed by atoms with E-state index in [0.717, 1.165) is 29.7 Å². The van der Waals surface area contributed by atoms with Crippen LogP contribution in [-0.4, -0.2) is 42.5 Å². The summed E-state index contributed by atoms with van der Waals surface area (Å²) in [6.45, 7) is 6.69. The van der Waals surface area contributed by atoms with E-state index < -0.39 is 0 Å². The first kappa shape index (κ1) is 14.7. The van der Waals surface area contributed by atoms with Crippen LogP contribution in [0.15, 0.2) is 28.7 Å². The lowest BCUT2D eigenvalue weighted by molar-refractivity contribution is -0.0488. The highest BCUT2D eigenvalue weighted by molar-refractivity contribution is 9.10. The molecule has 2 unspecified atom stereocenters. The second-order valence-corrected chi connectivity index (χ2v) is 6.00. The number of ketones is 1. The lowest BCUT2D eigenvalue weighted by Crippen LogP contribution is -2.47. The molecular formula is C15H20BrNO2. The zero-order chi connectivity index (χ0) is 13.8. The molecule has 0 radical (unpaired) electrons. The molecule has 1 fully saturated rings. The van der Waals surface area contributed by atoms with Gasteiger partial charge in [-0.3, -0.25) is 9.69 Å². The van der Waals surface area contributed by atoms with Gasteiger partial charge in [-0.2, -0.15) is 0 Å². The summed E-state index contributed by atoms with van der Waals surface area (Å²) in [5, 5.41) is 0. The topological polar surface area (TPSA) is 29.5 Å². The van der Waals surface area contributed by atoms with Crippen molar-refractivity contribution in [2.24, 2.45) is 0 Å². The molecule has 2 rings (SSSR count). The molecule has 0 amide bonds. The third kappa shape index (κ3) is 3.88. The largest absolute Gasteiger partial charge is 0.376 e. The third-order valence-corrected chi connectivity index (χ3v) is 4.23. The summed E-state index contributed by atoms with van der Waals surface area (Å²) >= 11 is 3.43. The first-order valence-corrected chi connectivity index (χ1v) is 7.50. The van der Waals surface area contributed by atoms with E-state index >= 15 is 0 Å². The Morgan fingerprint density at radius 1 is 1.42 bits per heavy atom. The predicted octanol–water partition coefficient (Wildman–Crippen LogP) is 3.13. The smallest absolute Gasteiger partial charge is 0.165 e. The van der Waals surface area contributed by atoms with Gasteiger partial charge in [0.15, 0.2) is 5.78 Å². The fourth-order valence-electron chi connectivity index (χ4n) is 2.35. The summed E-state index contributed by atoms with van der Waals surface area (Å²) in [7, 11) is 0. The van der Waals surface area contributed by atoms with Crippen LogP contribution < -0.4 is 0 Å². The Balaban J connectivity index is 1.91. The monoisotopic (exact) mass is 325 g/mol. The second-order valence-electron chi connectivity index (χ2n) is 5.14. The lowest BCUT2D eigenvalue weighted by atomic mass is 10.1. The highest BCUT2D eigenvalue weighted by atomic mass is 79.9. The summed E-state index contributed by atoms with van der Waals surface area (Å²) in [5.41, 5.74) is 0.775. The van der Waals surface area contributed by atoms with Crippen LogP contribution in [0.5, 0.6) is 0 Å². The first-order valence-electron chi connectivity index (χ1n) is 6.71. The van der Waals surface area contributed by atoms with Crippen LogP contribution in [0, 0.1) is 0 Å². The highest BCUT2D eigenvalue weighted by Crippen LogP contribution is 2.18. The fraction of sp³-hybridized carbons (Fsp3) is 0.533. The Morgan fingerprint density at radius 2 is 2.16 bits per heavy atom. The van der Waals surface area contributed by atoms with E-state index in [0.29, 0.717) is 12.5 Å². The summed E-state index contributed by atoms with van der Waals surface area (Å²) in [6, 6.07) is 8.00. The Morgan fingerprint density at radius 3 is 2.89 bits per heavy atom. The van der Waals surface area contributed by atoms with Crippen molar-refractivity contribution < 1.29 is 9.53 Å². The summed E-state index contributed by atoms with van der Waals surface area (Å²) < 4.78 is 6.47. The molecular weight excluding hydrogens is 306 g/mol. The van der Waals surface area contributed by atoms with E-state index in [1.165, 1.54) is 0 Å². The van der Waals surface area contributed by atoms with Crippen molar-refractivity contribution in [3.8, 4) is 0 Å². The molecule has 0 bridgehead atoms. The van der Waals surface area contributed by atoms with Gasteiger partial charge in [0.1, 0.15) is 0 Å². The molecule has 0 N–H and O–H groups in total. The number of hydrogen-bond donors (Lipinski definition) is 0. The Kier molecular flexibility index (Phi) is 5.13. The first-order chi connectivity index (χ1) is 9.08. The van der Waals surface area contributed by atoms with Gasteiger partial charge < -0.3 is 4.74 Å². The van der Waals surface area contributed by atoms with Gasteiger partial charge in [-0.15, -0.1) is 0 Å². The minimum atomic E-state index is 0.193. The van der Waals surface area contributed by atoms with E-state index in [2.05, 4.69) is 34.7 Å². The molecule has 0 spiro atoms. The van der Waals surface area contributed by atoms with Crippen LogP contribution in [0.1, 0.15) is 30.6 Å². The van der Waals surface area contributed by atoms with Gasteiger partial charge in [-0.25, -0.2) is 0 Å². The maximum absolute atomic E-state index is 12.2. The van der Waals surface area contributed by atoms with Crippen LogP contribution in [0.2, 0.25) is 0 Å². The molecule has 104 valence electrons. The lowest BCUT2D eigenvalue weighted by Gasteiger charge is -2.36. The van der Waals surface area contributed by atoms with Gasteiger partial charge in [0, 0.05) is 35.6 Å². The average Bonchev–Trinajstić information content (AvgIpc) is 2.40. The van der Waals surface area contributed by atoms with Crippen molar-refractivity contribution in [3.63, 3.8) is 0 Å². The van der Waals surface area contributed by atoms with Crippen LogP contribution >= 0.6 is 15.9 Å². The zero-order valence-corrected chi connectivity index (χ0v) is 13.0. The van der Waals surface area contributed by atoms with Crippen molar-refractivity contribution in [1.29, 1.82) is 0 Å². The molecule has 1 aromatic rings.